The van der Waals surface area contributed by atoms with Gasteiger partial charge >= 0.3 is 0 Å². The van der Waals surface area contributed by atoms with Gasteiger partial charge in [-0.15, -0.1) is 0 Å². The number of aliphatic imine (C=N–C) groups is 1. The Morgan fingerprint density at radius 1 is 1.36 bits per heavy atom. The second-order valence-electron chi connectivity index (χ2n) is 6.26. The highest BCUT2D eigenvalue weighted by atomic mass is 19.1. The number of benzene rings is 1. The molecule has 1 aliphatic heterocycles. The highest BCUT2D eigenvalue weighted by Crippen LogP contribution is 2.47. The average Bonchev–Trinajstić information content (AvgIpc) is 2.46. The Labute approximate surface area is 130 Å². The molecule has 1 atom stereocenters. The van der Waals surface area contributed by atoms with Gasteiger partial charge in [-0.3, -0.25) is 9.69 Å². The molecule has 5 nitrogen and oxygen atoms in total. The van der Waals surface area contributed by atoms with E-state index in [0.29, 0.717) is 5.56 Å². The minimum atomic E-state index is -1.07. The zero-order valence-electron chi connectivity index (χ0n) is 13.7. The van der Waals surface area contributed by atoms with Crippen molar-refractivity contribution in [1.82, 2.24) is 4.90 Å². The minimum absolute atomic E-state index is 0.0973. The molecule has 0 fully saturated rings. The van der Waals surface area contributed by atoms with Crippen LogP contribution in [0.15, 0.2) is 23.2 Å². The van der Waals surface area contributed by atoms with Crippen LogP contribution in [-0.4, -0.2) is 30.4 Å². The lowest BCUT2D eigenvalue weighted by atomic mass is 9.67. The summed E-state index contributed by atoms with van der Waals surface area (Å²) in [5.74, 6) is -0.484. The summed E-state index contributed by atoms with van der Waals surface area (Å²) in [7, 11) is 1.58. The van der Waals surface area contributed by atoms with Crippen LogP contribution in [-0.2, 0) is 10.3 Å². The first kappa shape index (κ1) is 16.3. The van der Waals surface area contributed by atoms with E-state index < -0.39 is 16.8 Å². The van der Waals surface area contributed by atoms with E-state index in [4.69, 9.17) is 5.73 Å². The predicted molar refractivity (Wildman–Crippen MR) is 86.1 cm³/mol. The van der Waals surface area contributed by atoms with Gasteiger partial charge in [-0.05, 0) is 45.9 Å². The van der Waals surface area contributed by atoms with Gasteiger partial charge < -0.3 is 11.1 Å². The minimum Gasteiger partial charge on any atom is -0.385 e. The molecule has 22 heavy (non-hydrogen) atoms. The van der Waals surface area contributed by atoms with Gasteiger partial charge in [0.15, 0.2) is 5.96 Å². The molecule has 120 valence electrons. The normalized spacial score (nSPS) is 24.2. The fourth-order valence-electron chi connectivity index (χ4n) is 2.78. The van der Waals surface area contributed by atoms with Crippen LogP contribution in [0.4, 0.5) is 10.1 Å². The van der Waals surface area contributed by atoms with E-state index in [1.165, 1.54) is 11.0 Å². The Kier molecular flexibility index (Phi) is 3.89. The van der Waals surface area contributed by atoms with Gasteiger partial charge in [0.25, 0.3) is 0 Å². The number of nitrogens with zero attached hydrogens (tertiary/aromatic N) is 2. The van der Waals surface area contributed by atoms with Crippen molar-refractivity contribution >= 4 is 17.6 Å². The first-order valence-electron chi connectivity index (χ1n) is 7.32. The lowest BCUT2D eigenvalue weighted by molar-refractivity contribution is -0.140. The van der Waals surface area contributed by atoms with Crippen LogP contribution >= 0.6 is 0 Å². The van der Waals surface area contributed by atoms with Crippen LogP contribution in [0.2, 0.25) is 0 Å². The van der Waals surface area contributed by atoms with Crippen molar-refractivity contribution in [2.75, 3.05) is 18.9 Å². The number of halogens is 1. The van der Waals surface area contributed by atoms with Crippen LogP contribution in [0.5, 0.6) is 0 Å². The molecule has 0 bridgehead atoms. The van der Waals surface area contributed by atoms with Crippen molar-refractivity contribution in [1.29, 1.82) is 0 Å². The van der Waals surface area contributed by atoms with Gasteiger partial charge in [-0.25, -0.2) is 9.38 Å². The zero-order valence-corrected chi connectivity index (χ0v) is 13.7. The molecule has 1 amide bonds. The zero-order chi connectivity index (χ0) is 16.7. The van der Waals surface area contributed by atoms with Crippen LogP contribution in [0, 0.1) is 11.2 Å². The number of carbonyl (C=O) groups excluding carboxylic acids is 1. The second kappa shape index (κ2) is 5.26. The highest BCUT2D eigenvalue weighted by Gasteiger charge is 2.53. The highest BCUT2D eigenvalue weighted by molar-refractivity contribution is 6.01. The van der Waals surface area contributed by atoms with Crippen molar-refractivity contribution in [3.8, 4) is 0 Å². The average molecular weight is 306 g/mol. The summed E-state index contributed by atoms with van der Waals surface area (Å²) in [6, 6.07) is 4.77. The van der Waals surface area contributed by atoms with Gasteiger partial charge in [-0.1, -0.05) is 0 Å². The monoisotopic (exact) mass is 306 g/mol. The summed E-state index contributed by atoms with van der Waals surface area (Å²) in [4.78, 5) is 18.4. The van der Waals surface area contributed by atoms with E-state index in [1.807, 2.05) is 6.92 Å². The Morgan fingerprint density at radius 3 is 2.59 bits per heavy atom. The Morgan fingerprint density at radius 2 is 2.00 bits per heavy atom. The molecule has 1 aromatic rings. The van der Waals surface area contributed by atoms with Gasteiger partial charge in [0.05, 0.1) is 5.41 Å². The third-order valence-electron chi connectivity index (χ3n) is 4.61. The van der Waals surface area contributed by atoms with Crippen LogP contribution in [0.25, 0.3) is 0 Å². The lowest BCUT2D eigenvalue weighted by Crippen LogP contribution is -2.58. The topological polar surface area (TPSA) is 70.7 Å². The van der Waals surface area contributed by atoms with Gasteiger partial charge in [0.1, 0.15) is 11.4 Å². The van der Waals surface area contributed by atoms with Crippen molar-refractivity contribution < 1.29 is 9.18 Å². The van der Waals surface area contributed by atoms with Crippen LogP contribution < -0.4 is 11.1 Å². The van der Waals surface area contributed by atoms with E-state index in [0.717, 1.165) is 12.2 Å². The third kappa shape index (κ3) is 2.23. The van der Waals surface area contributed by atoms with Crippen molar-refractivity contribution in [3.05, 3.63) is 29.6 Å². The second-order valence-corrected chi connectivity index (χ2v) is 6.26. The SMILES string of the molecule is CCNc1ccc(F)c([C@@]2(C)N=C(N)N(C)C(=O)C2(C)C)c1. The van der Waals surface area contributed by atoms with Gasteiger partial charge in [0.2, 0.25) is 5.91 Å². The third-order valence-corrected chi connectivity index (χ3v) is 4.61. The Balaban J connectivity index is 2.67. The summed E-state index contributed by atoms with van der Waals surface area (Å²) >= 11 is 0. The van der Waals surface area contributed by atoms with Crippen molar-refractivity contribution in [2.24, 2.45) is 16.1 Å². The van der Waals surface area contributed by atoms with Crippen LogP contribution in [0.3, 0.4) is 0 Å². The number of hydrogen-bond donors (Lipinski definition) is 2. The maximum atomic E-state index is 14.5. The molecule has 0 unspecified atom stereocenters. The molecule has 0 spiro atoms. The molecule has 1 heterocycles. The molecule has 0 saturated heterocycles. The molecule has 0 aromatic heterocycles. The first-order valence-corrected chi connectivity index (χ1v) is 7.32. The standard InChI is InChI=1S/C16H23FN4O/c1-6-19-10-7-8-12(17)11(9-10)16(4)15(2,3)13(22)21(5)14(18)20-16/h7-9,19H,6H2,1-5H3,(H2,18,20)/t16-/m1/s1. The fraction of sp³-hybridized carbons (Fsp3) is 0.500. The number of carbonyl (C=O) groups is 1. The molecule has 0 saturated carbocycles. The summed E-state index contributed by atoms with van der Waals surface area (Å²) in [6.45, 7) is 7.96. The molecule has 6 heteroatoms. The molecule has 1 aliphatic rings. The molecule has 2 rings (SSSR count). The fourth-order valence-corrected chi connectivity index (χ4v) is 2.78. The molecule has 0 radical (unpaired) electrons. The van der Waals surface area contributed by atoms with E-state index in [-0.39, 0.29) is 11.9 Å². The van der Waals surface area contributed by atoms with E-state index >= 15 is 0 Å². The summed E-state index contributed by atoms with van der Waals surface area (Å²) in [5.41, 5.74) is 5.02. The Hall–Kier alpha value is -2.11. The molecular formula is C16H23FN4O. The van der Waals surface area contributed by atoms with Crippen molar-refractivity contribution in [3.63, 3.8) is 0 Å². The maximum Gasteiger partial charge on any atom is 0.237 e. The van der Waals surface area contributed by atoms with E-state index in [2.05, 4.69) is 10.3 Å². The number of hydrogen-bond acceptors (Lipinski definition) is 4. The summed E-state index contributed by atoms with van der Waals surface area (Å²) in [5, 5.41) is 3.15. The van der Waals surface area contributed by atoms with E-state index in [1.54, 1.807) is 40.0 Å². The first-order chi connectivity index (χ1) is 10.1. The molecule has 1 aromatic carbocycles. The maximum absolute atomic E-state index is 14.5. The molecule has 3 N–H and O–H groups in total. The molecular weight excluding hydrogens is 283 g/mol. The van der Waals surface area contributed by atoms with Gasteiger partial charge in [0, 0.05) is 24.8 Å². The van der Waals surface area contributed by atoms with Crippen LogP contribution in [0.1, 0.15) is 33.3 Å². The number of nitrogens with one attached hydrogen (secondary N) is 1. The summed E-state index contributed by atoms with van der Waals surface area (Å²) < 4.78 is 14.5. The number of amides is 1. The van der Waals surface area contributed by atoms with Crippen molar-refractivity contribution in [2.45, 2.75) is 33.2 Å². The van der Waals surface area contributed by atoms with E-state index in [9.17, 15) is 9.18 Å². The number of nitrogens with two attached hydrogens (primary N) is 1. The predicted octanol–water partition coefficient (Wildman–Crippen LogP) is 2.29. The smallest absolute Gasteiger partial charge is 0.237 e. The lowest BCUT2D eigenvalue weighted by Gasteiger charge is -2.46. The quantitative estimate of drug-likeness (QED) is 0.900. The molecule has 0 aliphatic carbocycles. The summed E-state index contributed by atoms with van der Waals surface area (Å²) in [6.07, 6.45) is 0. The largest absolute Gasteiger partial charge is 0.385 e. The number of anilines is 1. The van der Waals surface area contributed by atoms with Gasteiger partial charge in [-0.2, -0.15) is 0 Å². The number of rotatable bonds is 3. The number of guanidine groups is 1. The Bertz CT molecular complexity index is 641.